The topological polar surface area (TPSA) is 93.6 Å². The van der Waals surface area contributed by atoms with Crippen LogP contribution < -0.4 is 5.73 Å². The van der Waals surface area contributed by atoms with Crippen molar-refractivity contribution in [2.45, 2.75) is 0 Å². The fourth-order valence-corrected chi connectivity index (χ4v) is 0.599. The Balaban J connectivity index is 2.92. The molecule has 0 aliphatic carbocycles. The predicted octanol–water partition coefficient (Wildman–Crippen LogP) is -0.472. The van der Waals surface area contributed by atoms with Crippen molar-refractivity contribution in [1.82, 2.24) is 20.3 Å². The molecule has 6 nitrogen and oxygen atoms in total. The number of aromatic amines is 1. The fourth-order valence-electron chi connectivity index (χ4n) is 0.599. The second-order valence-electron chi connectivity index (χ2n) is 1.56. The van der Waals surface area contributed by atoms with Gasteiger partial charge in [-0.05, 0) is 10.3 Å². The highest BCUT2D eigenvalue weighted by atomic mass is 16.6. The zero-order valence-corrected chi connectivity index (χ0v) is 4.33. The average molecular weight is 125 g/mol. The van der Waals surface area contributed by atoms with Crippen LogP contribution in [0, 0.1) is 0 Å². The van der Waals surface area contributed by atoms with Crippen LogP contribution in [-0.2, 0) is 0 Å². The lowest BCUT2D eigenvalue weighted by Crippen LogP contribution is -1.85. The number of anilines is 1. The fraction of sp³-hybridized carbons (Fsp3) is 0. The molecule has 0 aromatic carbocycles. The molecular weight excluding hydrogens is 122 g/mol. The maximum absolute atomic E-state index is 5.25. The standard InChI is InChI=1S/C3H3N5O/c4-3-5-1-2(6-3)8-9-7-1/h(H3,4,5,6,7,8). The maximum atomic E-state index is 5.25. The maximum Gasteiger partial charge on any atom is 0.244 e. The van der Waals surface area contributed by atoms with Crippen LogP contribution in [0.5, 0.6) is 0 Å². The lowest BCUT2D eigenvalue weighted by atomic mass is 10.8. The summed E-state index contributed by atoms with van der Waals surface area (Å²) in [5.41, 5.74) is 6.14. The van der Waals surface area contributed by atoms with Crippen LogP contribution in [0.2, 0.25) is 0 Å². The van der Waals surface area contributed by atoms with Crippen molar-refractivity contribution in [3.63, 3.8) is 0 Å². The first-order valence-corrected chi connectivity index (χ1v) is 2.30. The number of nitrogens with one attached hydrogen (secondary N) is 1. The Morgan fingerprint density at radius 2 is 2.33 bits per heavy atom. The molecule has 3 N–H and O–H groups in total. The van der Waals surface area contributed by atoms with Gasteiger partial charge in [0.25, 0.3) is 0 Å². The van der Waals surface area contributed by atoms with E-state index in [-0.39, 0.29) is 0 Å². The number of nitrogens with two attached hydrogens (primary N) is 1. The van der Waals surface area contributed by atoms with Crippen LogP contribution in [0.4, 0.5) is 5.95 Å². The van der Waals surface area contributed by atoms with Crippen molar-refractivity contribution in [3.05, 3.63) is 0 Å². The highest BCUT2D eigenvalue weighted by molar-refractivity contribution is 5.66. The number of rotatable bonds is 0. The first-order chi connectivity index (χ1) is 4.36. The van der Waals surface area contributed by atoms with Gasteiger partial charge < -0.3 is 10.7 Å². The monoisotopic (exact) mass is 125 g/mol. The molecule has 0 bridgehead atoms. The quantitative estimate of drug-likeness (QED) is 0.496. The van der Waals surface area contributed by atoms with Gasteiger partial charge in [-0.3, -0.25) is 0 Å². The molecule has 46 valence electrons. The summed E-state index contributed by atoms with van der Waals surface area (Å²) >= 11 is 0. The van der Waals surface area contributed by atoms with E-state index in [1.165, 1.54) is 0 Å². The van der Waals surface area contributed by atoms with E-state index in [0.29, 0.717) is 17.2 Å². The van der Waals surface area contributed by atoms with Gasteiger partial charge >= 0.3 is 0 Å². The molecule has 0 saturated carbocycles. The van der Waals surface area contributed by atoms with Gasteiger partial charge in [-0.15, -0.1) is 0 Å². The Morgan fingerprint density at radius 1 is 1.44 bits per heavy atom. The number of fused-ring (bicyclic) bond motifs is 1. The third-order valence-electron chi connectivity index (χ3n) is 0.944. The number of imidazole rings is 1. The summed E-state index contributed by atoms with van der Waals surface area (Å²) in [5, 5.41) is 6.89. The van der Waals surface area contributed by atoms with Crippen molar-refractivity contribution < 1.29 is 4.63 Å². The van der Waals surface area contributed by atoms with Crippen LogP contribution in [0.25, 0.3) is 11.3 Å². The van der Waals surface area contributed by atoms with Gasteiger partial charge in [0.2, 0.25) is 17.2 Å². The van der Waals surface area contributed by atoms with Gasteiger partial charge in [-0.25, -0.2) is 4.63 Å². The van der Waals surface area contributed by atoms with Crippen molar-refractivity contribution in [2.24, 2.45) is 0 Å². The summed E-state index contributed by atoms with van der Waals surface area (Å²) < 4.78 is 4.31. The number of aromatic nitrogens is 4. The van der Waals surface area contributed by atoms with Gasteiger partial charge in [-0.2, -0.15) is 4.98 Å². The third kappa shape index (κ3) is 0.463. The average Bonchev–Trinajstić information content (AvgIpc) is 2.22. The molecule has 0 amide bonds. The van der Waals surface area contributed by atoms with E-state index in [1.807, 2.05) is 0 Å². The molecule has 9 heavy (non-hydrogen) atoms. The highest BCUT2D eigenvalue weighted by Crippen LogP contribution is 2.04. The summed E-state index contributed by atoms with van der Waals surface area (Å²) in [6.45, 7) is 0. The molecule has 0 saturated heterocycles. The van der Waals surface area contributed by atoms with E-state index < -0.39 is 0 Å². The summed E-state index contributed by atoms with van der Waals surface area (Å²) in [6, 6.07) is 0. The summed E-state index contributed by atoms with van der Waals surface area (Å²) in [6.07, 6.45) is 0. The molecule has 2 rings (SSSR count). The molecule has 2 aromatic heterocycles. The molecule has 0 atom stereocenters. The third-order valence-corrected chi connectivity index (χ3v) is 0.944. The molecule has 0 unspecified atom stereocenters. The Hall–Kier alpha value is -1.59. The van der Waals surface area contributed by atoms with Gasteiger partial charge in [0.15, 0.2) is 0 Å². The predicted molar refractivity (Wildman–Crippen MR) is 28.4 cm³/mol. The van der Waals surface area contributed by atoms with Crippen LogP contribution in [0.1, 0.15) is 0 Å². The molecule has 0 aliphatic heterocycles. The second kappa shape index (κ2) is 1.22. The Kier molecular flexibility index (Phi) is 0.583. The van der Waals surface area contributed by atoms with E-state index in [0.717, 1.165) is 0 Å². The lowest BCUT2D eigenvalue weighted by molar-refractivity contribution is 0.313. The van der Waals surface area contributed by atoms with E-state index >= 15 is 0 Å². The SMILES string of the molecule is Nc1nc2nonc2[nH]1. The van der Waals surface area contributed by atoms with E-state index in [2.05, 4.69) is 24.9 Å². The number of hydrogen-bond donors (Lipinski definition) is 2. The molecule has 6 heteroatoms. The molecule has 0 aliphatic rings. The first kappa shape index (κ1) is 4.30. The van der Waals surface area contributed by atoms with Crippen LogP contribution >= 0.6 is 0 Å². The summed E-state index contributed by atoms with van der Waals surface area (Å²) in [7, 11) is 0. The lowest BCUT2D eigenvalue weighted by Gasteiger charge is -1.72. The largest absolute Gasteiger partial charge is 0.369 e. The minimum absolute atomic E-state index is 0.302. The Bertz CT molecular complexity index is 293. The van der Waals surface area contributed by atoms with Crippen LogP contribution in [0.15, 0.2) is 4.63 Å². The summed E-state index contributed by atoms with van der Waals surface area (Å²) in [5.74, 6) is 0.302. The smallest absolute Gasteiger partial charge is 0.244 e. The second-order valence-corrected chi connectivity index (χ2v) is 1.56. The van der Waals surface area contributed by atoms with E-state index in [9.17, 15) is 0 Å². The Morgan fingerprint density at radius 3 is 3.11 bits per heavy atom. The molecular formula is C3H3N5O. The van der Waals surface area contributed by atoms with Crippen LogP contribution in [0.3, 0.4) is 0 Å². The normalized spacial score (nSPS) is 10.7. The minimum atomic E-state index is 0.302. The molecule has 0 fully saturated rings. The van der Waals surface area contributed by atoms with E-state index in [4.69, 9.17) is 5.73 Å². The minimum Gasteiger partial charge on any atom is -0.369 e. The Labute approximate surface area is 49.0 Å². The number of nitrogens with zero attached hydrogens (tertiary/aromatic N) is 3. The van der Waals surface area contributed by atoms with Crippen molar-refractivity contribution in [2.75, 3.05) is 5.73 Å². The van der Waals surface area contributed by atoms with Gasteiger partial charge in [-0.1, -0.05) is 0 Å². The number of H-pyrrole nitrogens is 1. The zero-order chi connectivity index (χ0) is 6.27. The number of nitrogen functional groups attached to an aromatic ring is 1. The van der Waals surface area contributed by atoms with E-state index in [1.54, 1.807) is 0 Å². The number of hydrogen-bond acceptors (Lipinski definition) is 5. The first-order valence-electron chi connectivity index (χ1n) is 2.30. The van der Waals surface area contributed by atoms with Crippen molar-refractivity contribution >= 4 is 17.2 Å². The van der Waals surface area contributed by atoms with Crippen molar-refractivity contribution in [1.29, 1.82) is 0 Å². The van der Waals surface area contributed by atoms with Crippen LogP contribution in [-0.4, -0.2) is 20.3 Å². The highest BCUT2D eigenvalue weighted by Gasteiger charge is 2.02. The van der Waals surface area contributed by atoms with Gasteiger partial charge in [0, 0.05) is 0 Å². The molecule has 0 radical (unpaired) electrons. The molecule has 2 heterocycles. The van der Waals surface area contributed by atoms with Gasteiger partial charge in [0.1, 0.15) is 0 Å². The van der Waals surface area contributed by atoms with Crippen molar-refractivity contribution in [3.8, 4) is 0 Å². The molecule has 0 spiro atoms. The summed E-state index contributed by atoms with van der Waals surface area (Å²) in [4.78, 5) is 6.37. The molecule has 2 aromatic rings. The van der Waals surface area contributed by atoms with Gasteiger partial charge in [0.05, 0.1) is 0 Å². The zero-order valence-electron chi connectivity index (χ0n) is 4.33.